The molecule has 0 unspecified atom stereocenters. The molecule has 0 aliphatic heterocycles. The first-order valence-electron chi connectivity index (χ1n) is 7.98. The molecule has 3 aromatic rings. The van der Waals surface area contributed by atoms with Crippen LogP contribution in [0.1, 0.15) is 17.0 Å². The Labute approximate surface area is 144 Å². The summed E-state index contributed by atoms with van der Waals surface area (Å²) in [5, 5.41) is 2.79. The van der Waals surface area contributed by atoms with Crippen LogP contribution in [0.25, 0.3) is 5.65 Å². The summed E-state index contributed by atoms with van der Waals surface area (Å²) < 4.78 is 6.69. The first-order valence-corrected chi connectivity index (χ1v) is 7.98. The SMILES string of the molecule is Cc1ccc2nc(CN(C)CC(=O)NCc3ccco3)cc(=O)n2c1. The number of nitrogens with one attached hydrogen (secondary N) is 1. The number of amides is 1. The second-order valence-corrected chi connectivity index (χ2v) is 6.05. The standard InChI is InChI=1S/C18H20N4O3/c1-13-5-6-16-20-14(8-18(24)22(16)10-13)11-21(2)12-17(23)19-9-15-4-3-7-25-15/h3-8,10H,9,11-12H2,1-2H3,(H,19,23). The Morgan fingerprint density at radius 3 is 2.96 bits per heavy atom. The summed E-state index contributed by atoms with van der Waals surface area (Å²) in [5.41, 5.74) is 2.10. The van der Waals surface area contributed by atoms with Gasteiger partial charge in [0.25, 0.3) is 5.56 Å². The number of rotatable bonds is 6. The summed E-state index contributed by atoms with van der Waals surface area (Å²) in [6.45, 7) is 2.90. The van der Waals surface area contributed by atoms with Gasteiger partial charge in [0.15, 0.2) is 0 Å². The molecule has 25 heavy (non-hydrogen) atoms. The third-order valence-electron chi connectivity index (χ3n) is 3.75. The van der Waals surface area contributed by atoms with E-state index < -0.39 is 0 Å². The maximum Gasteiger partial charge on any atom is 0.258 e. The van der Waals surface area contributed by atoms with Crippen LogP contribution in [0.3, 0.4) is 0 Å². The maximum atomic E-state index is 12.2. The highest BCUT2D eigenvalue weighted by atomic mass is 16.3. The molecule has 7 nitrogen and oxygen atoms in total. The molecule has 3 aromatic heterocycles. The largest absolute Gasteiger partial charge is 0.467 e. The predicted octanol–water partition coefficient (Wildman–Crippen LogP) is 1.34. The number of pyridine rings is 1. The number of carbonyl (C=O) groups excluding carboxylic acids is 1. The van der Waals surface area contributed by atoms with Crippen molar-refractivity contribution in [2.75, 3.05) is 13.6 Å². The Bertz CT molecular complexity index is 931. The average molecular weight is 340 g/mol. The van der Waals surface area contributed by atoms with Crippen LogP contribution in [-0.4, -0.2) is 33.8 Å². The molecule has 1 amide bonds. The smallest absolute Gasteiger partial charge is 0.258 e. The Morgan fingerprint density at radius 2 is 2.20 bits per heavy atom. The topological polar surface area (TPSA) is 79.8 Å². The Morgan fingerprint density at radius 1 is 1.36 bits per heavy atom. The van der Waals surface area contributed by atoms with Crippen LogP contribution in [-0.2, 0) is 17.9 Å². The lowest BCUT2D eigenvalue weighted by atomic mass is 10.3. The molecule has 0 aromatic carbocycles. The van der Waals surface area contributed by atoms with E-state index in [0.29, 0.717) is 30.2 Å². The summed E-state index contributed by atoms with van der Waals surface area (Å²) in [6.07, 6.45) is 3.33. The molecule has 3 rings (SSSR count). The van der Waals surface area contributed by atoms with Crippen LogP contribution >= 0.6 is 0 Å². The van der Waals surface area contributed by atoms with E-state index in [0.717, 1.165) is 5.56 Å². The van der Waals surface area contributed by atoms with Gasteiger partial charge in [0, 0.05) is 18.8 Å². The van der Waals surface area contributed by atoms with Crippen molar-refractivity contribution < 1.29 is 9.21 Å². The van der Waals surface area contributed by atoms with Gasteiger partial charge >= 0.3 is 0 Å². The maximum absolute atomic E-state index is 12.2. The highest BCUT2D eigenvalue weighted by Gasteiger charge is 2.10. The van der Waals surface area contributed by atoms with Crippen molar-refractivity contribution in [2.24, 2.45) is 0 Å². The zero-order valence-corrected chi connectivity index (χ0v) is 14.2. The van der Waals surface area contributed by atoms with E-state index in [2.05, 4.69) is 10.3 Å². The monoisotopic (exact) mass is 340 g/mol. The van der Waals surface area contributed by atoms with E-state index in [1.807, 2.05) is 31.0 Å². The molecular weight excluding hydrogens is 320 g/mol. The minimum Gasteiger partial charge on any atom is -0.467 e. The van der Waals surface area contributed by atoms with Gasteiger partial charge in [0.1, 0.15) is 11.4 Å². The van der Waals surface area contributed by atoms with Crippen LogP contribution in [0.5, 0.6) is 0 Å². The van der Waals surface area contributed by atoms with Crippen LogP contribution < -0.4 is 10.9 Å². The number of likely N-dealkylation sites (N-methyl/N-ethyl adjacent to an activating group) is 1. The molecule has 1 N–H and O–H groups in total. The van der Waals surface area contributed by atoms with Gasteiger partial charge in [-0.15, -0.1) is 0 Å². The van der Waals surface area contributed by atoms with Gasteiger partial charge in [-0.3, -0.25) is 18.9 Å². The van der Waals surface area contributed by atoms with Gasteiger partial charge in [0.05, 0.1) is 25.0 Å². The number of nitrogens with zero attached hydrogens (tertiary/aromatic N) is 3. The van der Waals surface area contributed by atoms with Crippen LogP contribution in [0.2, 0.25) is 0 Å². The van der Waals surface area contributed by atoms with Crippen LogP contribution in [0.4, 0.5) is 0 Å². The summed E-state index contributed by atoms with van der Waals surface area (Å²) in [5.74, 6) is 0.586. The van der Waals surface area contributed by atoms with Crippen molar-refractivity contribution in [3.8, 4) is 0 Å². The molecule has 0 saturated heterocycles. The first-order chi connectivity index (χ1) is 12.0. The van der Waals surface area contributed by atoms with Gasteiger partial charge in [0.2, 0.25) is 5.91 Å². The minimum absolute atomic E-state index is 0.118. The van der Waals surface area contributed by atoms with E-state index in [4.69, 9.17) is 4.42 Å². The molecule has 0 spiro atoms. The van der Waals surface area contributed by atoms with Crippen molar-refractivity contribution >= 4 is 11.6 Å². The van der Waals surface area contributed by atoms with Gasteiger partial charge in [-0.05, 0) is 37.7 Å². The second-order valence-electron chi connectivity index (χ2n) is 6.05. The van der Waals surface area contributed by atoms with E-state index in [9.17, 15) is 9.59 Å². The summed E-state index contributed by atoms with van der Waals surface area (Å²) >= 11 is 0. The molecule has 0 aliphatic rings. The Kier molecular flexibility index (Phi) is 4.95. The zero-order chi connectivity index (χ0) is 17.8. The van der Waals surface area contributed by atoms with Crippen LogP contribution in [0, 0.1) is 6.92 Å². The second kappa shape index (κ2) is 7.31. The van der Waals surface area contributed by atoms with E-state index in [1.54, 1.807) is 24.6 Å². The van der Waals surface area contributed by atoms with Crippen LogP contribution in [0.15, 0.2) is 52.0 Å². The number of hydrogen-bond donors (Lipinski definition) is 1. The lowest BCUT2D eigenvalue weighted by Crippen LogP contribution is -2.34. The lowest BCUT2D eigenvalue weighted by Gasteiger charge is -2.16. The molecule has 0 aliphatic carbocycles. The van der Waals surface area contributed by atoms with Crippen molar-refractivity contribution in [1.29, 1.82) is 0 Å². The number of aromatic nitrogens is 2. The molecule has 7 heteroatoms. The highest BCUT2D eigenvalue weighted by Crippen LogP contribution is 2.04. The molecular formula is C18H20N4O3. The lowest BCUT2D eigenvalue weighted by molar-refractivity contribution is -0.122. The number of furan rings is 1. The Hall–Kier alpha value is -2.93. The molecule has 3 heterocycles. The van der Waals surface area contributed by atoms with Gasteiger partial charge in [-0.2, -0.15) is 0 Å². The van der Waals surface area contributed by atoms with Crippen molar-refractivity contribution in [2.45, 2.75) is 20.0 Å². The highest BCUT2D eigenvalue weighted by molar-refractivity contribution is 5.77. The number of carbonyl (C=O) groups is 1. The molecule has 0 bridgehead atoms. The van der Waals surface area contributed by atoms with Crippen molar-refractivity contribution in [1.82, 2.24) is 19.6 Å². The van der Waals surface area contributed by atoms with E-state index in [-0.39, 0.29) is 18.0 Å². The quantitative estimate of drug-likeness (QED) is 0.733. The van der Waals surface area contributed by atoms with E-state index in [1.165, 1.54) is 10.5 Å². The van der Waals surface area contributed by atoms with Crippen molar-refractivity contribution in [3.05, 3.63) is 70.2 Å². The number of hydrogen-bond acceptors (Lipinski definition) is 5. The molecule has 0 saturated carbocycles. The molecule has 0 atom stereocenters. The average Bonchev–Trinajstić information content (AvgIpc) is 3.07. The third-order valence-corrected chi connectivity index (χ3v) is 3.75. The predicted molar refractivity (Wildman–Crippen MR) is 93.1 cm³/mol. The summed E-state index contributed by atoms with van der Waals surface area (Å²) in [4.78, 5) is 30.5. The summed E-state index contributed by atoms with van der Waals surface area (Å²) in [7, 11) is 1.81. The normalized spacial score (nSPS) is 11.2. The van der Waals surface area contributed by atoms with Crippen molar-refractivity contribution in [3.63, 3.8) is 0 Å². The number of aryl methyl sites for hydroxylation is 1. The molecule has 130 valence electrons. The van der Waals surface area contributed by atoms with E-state index >= 15 is 0 Å². The third kappa shape index (κ3) is 4.33. The minimum atomic E-state index is -0.126. The fraction of sp³-hybridized carbons (Fsp3) is 0.278. The first kappa shape index (κ1) is 16.9. The molecule has 0 radical (unpaired) electrons. The fourth-order valence-corrected chi connectivity index (χ4v) is 2.57. The Balaban J connectivity index is 1.61. The number of fused-ring (bicyclic) bond motifs is 1. The van der Waals surface area contributed by atoms with Gasteiger partial charge < -0.3 is 9.73 Å². The summed E-state index contributed by atoms with van der Waals surface area (Å²) in [6, 6.07) is 8.81. The van der Waals surface area contributed by atoms with Gasteiger partial charge in [-0.1, -0.05) is 6.07 Å². The fourth-order valence-electron chi connectivity index (χ4n) is 2.57. The van der Waals surface area contributed by atoms with Gasteiger partial charge in [-0.25, -0.2) is 4.98 Å². The zero-order valence-electron chi connectivity index (χ0n) is 14.2. The molecule has 0 fully saturated rings.